The molecule has 3 unspecified atom stereocenters. The molecule has 0 spiro atoms. The van der Waals surface area contributed by atoms with Crippen LogP contribution in [0.1, 0.15) is 79.6 Å². The smallest absolute Gasteiger partial charge is 0.0417 e. The van der Waals surface area contributed by atoms with Crippen molar-refractivity contribution in [2.45, 2.75) is 79.6 Å². The lowest BCUT2D eigenvalue weighted by atomic mass is 9.85. The Morgan fingerprint density at radius 1 is 0.667 bits per heavy atom. The molecule has 0 aliphatic rings. The highest BCUT2D eigenvalue weighted by Gasteiger charge is 2.12. The van der Waals surface area contributed by atoms with Crippen molar-refractivity contribution in [1.82, 2.24) is 0 Å². The molecular formula is C15H32. The van der Waals surface area contributed by atoms with Crippen LogP contribution < -0.4 is 0 Å². The molecule has 0 rings (SSSR count). The summed E-state index contributed by atoms with van der Waals surface area (Å²) in [6.45, 7) is 11.9. The van der Waals surface area contributed by atoms with Gasteiger partial charge in [-0.3, -0.25) is 0 Å². The summed E-state index contributed by atoms with van der Waals surface area (Å²) in [7, 11) is 0. The van der Waals surface area contributed by atoms with Gasteiger partial charge in [-0.15, -0.1) is 0 Å². The molecule has 0 bridgehead atoms. The first kappa shape index (κ1) is 15.0. The first-order chi connectivity index (χ1) is 7.11. The molecule has 0 aromatic heterocycles. The number of unbranched alkanes of at least 4 members (excludes halogenated alkanes) is 1. The Labute approximate surface area is 97.8 Å². The van der Waals surface area contributed by atoms with Gasteiger partial charge in [0.05, 0.1) is 0 Å². The first-order valence-corrected chi connectivity index (χ1v) is 7.11. The van der Waals surface area contributed by atoms with Crippen LogP contribution in [0.4, 0.5) is 0 Å². The fourth-order valence-corrected chi connectivity index (χ4v) is 2.28. The van der Waals surface area contributed by atoms with E-state index in [0.29, 0.717) is 0 Å². The molecule has 0 heteroatoms. The number of hydrogen-bond donors (Lipinski definition) is 0. The summed E-state index contributed by atoms with van der Waals surface area (Å²) in [5.41, 5.74) is 0. The Balaban J connectivity index is 3.57. The maximum Gasteiger partial charge on any atom is -0.0417 e. The van der Waals surface area contributed by atoms with E-state index in [4.69, 9.17) is 0 Å². The van der Waals surface area contributed by atoms with E-state index in [-0.39, 0.29) is 0 Å². The van der Waals surface area contributed by atoms with Crippen LogP contribution in [0.15, 0.2) is 0 Å². The zero-order valence-electron chi connectivity index (χ0n) is 11.7. The van der Waals surface area contributed by atoms with Crippen LogP contribution in [0, 0.1) is 17.8 Å². The van der Waals surface area contributed by atoms with Crippen molar-refractivity contribution in [1.29, 1.82) is 0 Å². The minimum Gasteiger partial charge on any atom is -0.0654 e. The van der Waals surface area contributed by atoms with Crippen molar-refractivity contribution in [2.24, 2.45) is 17.8 Å². The Hall–Kier alpha value is 0. The van der Waals surface area contributed by atoms with Crippen molar-refractivity contribution < 1.29 is 0 Å². The maximum atomic E-state index is 2.44. The highest BCUT2D eigenvalue weighted by atomic mass is 14.2. The minimum atomic E-state index is 0.927. The fourth-order valence-electron chi connectivity index (χ4n) is 2.28. The van der Waals surface area contributed by atoms with Gasteiger partial charge in [0.25, 0.3) is 0 Å². The van der Waals surface area contributed by atoms with Crippen LogP contribution in [0.2, 0.25) is 0 Å². The third kappa shape index (κ3) is 7.88. The molecular weight excluding hydrogens is 180 g/mol. The second kappa shape index (κ2) is 9.24. The zero-order valence-corrected chi connectivity index (χ0v) is 11.7. The molecule has 0 nitrogen and oxygen atoms in total. The van der Waals surface area contributed by atoms with Gasteiger partial charge in [-0.05, 0) is 17.8 Å². The summed E-state index contributed by atoms with van der Waals surface area (Å²) in [6.07, 6.45) is 9.83. The van der Waals surface area contributed by atoms with E-state index in [1.807, 2.05) is 0 Å². The minimum absolute atomic E-state index is 0.927. The molecule has 0 saturated carbocycles. The summed E-state index contributed by atoms with van der Waals surface area (Å²) in [4.78, 5) is 0. The summed E-state index contributed by atoms with van der Waals surface area (Å²) >= 11 is 0. The second-order valence-electron chi connectivity index (χ2n) is 5.57. The topological polar surface area (TPSA) is 0 Å². The molecule has 0 aliphatic carbocycles. The normalized spacial score (nSPS) is 17.4. The summed E-state index contributed by atoms with van der Waals surface area (Å²) in [5, 5.41) is 0. The van der Waals surface area contributed by atoms with Crippen molar-refractivity contribution in [3.63, 3.8) is 0 Å². The van der Waals surface area contributed by atoms with Gasteiger partial charge in [-0.2, -0.15) is 0 Å². The fraction of sp³-hybridized carbons (Fsp3) is 1.00. The van der Waals surface area contributed by atoms with Crippen LogP contribution in [0.3, 0.4) is 0 Å². The van der Waals surface area contributed by atoms with Crippen LogP contribution in [-0.4, -0.2) is 0 Å². The van der Waals surface area contributed by atoms with E-state index in [1.54, 1.807) is 0 Å². The van der Waals surface area contributed by atoms with Crippen molar-refractivity contribution >= 4 is 0 Å². The average Bonchev–Trinajstić information content (AvgIpc) is 2.22. The third-order valence-electron chi connectivity index (χ3n) is 3.88. The molecule has 0 aromatic carbocycles. The van der Waals surface area contributed by atoms with E-state index in [9.17, 15) is 0 Å². The highest BCUT2D eigenvalue weighted by Crippen LogP contribution is 2.25. The average molecular weight is 212 g/mol. The largest absolute Gasteiger partial charge is 0.0654 e. The van der Waals surface area contributed by atoms with Crippen LogP contribution in [0.25, 0.3) is 0 Å². The van der Waals surface area contributed by atoms with E-state index >= 15 is 0 Å². The quantitative estimate of drug-likeness (QED) is 0.462. The highest BCUT2D eigenvalue weighted by molar-refractivity contribution is 4.64. The van der Waals surface area contributed by atoms with Gasteiger partial charge < -0.3 is 0 Å². The molecule has 3 atom stereocenters. The molecule has 92 valence electrons. The molecule has 0 aromatic rings. The predicted octanol–water partition coefficient (Wildman–Crippen LogP) is 5.67. The number of hydrogen-bond acceptors (Lipinski definition) is 0. The maximum absolute atomic E-state index is 2.44. The first-order valence-electron chi connectivity index (χ1n) is 7.11. The molecule has 15 heavy (non-hydrogen) atoms. The van der Waals surface area contributed by atoms with Crippen molar-refractivity contribution in [3.05, 3.63) is 0 Å². The second-order valence-corrected chi connectivity index (χ2v) is 5.57. The van der Waals surface area contributed by atoms with Crippen LogP contribution >= 0.6 is 0 Å². The van der Waals surface area contributed by atoms with E-state index < -0.39 is 0 Å². The van der Waals surface area contributed by atoms with Gasteiger partial charge >= 0.3 is 0 Å². The molecule has 0 radical (unpaired) electrons. The van der Waals surface area contributed by atoms with Gasteiger partial charge in [0.15, 0.2) is 0 Å². The van der Waals surface area contributed by atoms with Crippen LogP contribution in [0.5, 0.6) is 0 Å². The van der Waals surface area contributed by atoms with Crippen LogP contribution in [-0.2, 0) is 0 Å². The monoisotopic (exact) mass is 212 g/mol. The summed E-state index contributed by atoms with van der Waals surface area (Å²) < 4.78 is 0. The lowest BCUT2D eigenvalue weighted by Crippen LogP contribution is -2.09. The number of rotatable bonds is 9. The Kier molecular flexibility index (Phi) is 9.24. The van der Waals surface area contributed by atoms with E-state index in [0.717, 1.165) is 17.8 Å². The molecule has 0 amide bonds. The van der Waals surface area contributed by atoms with Gasteiger partial charge in [-0.25, -0.2) is 0 Å². The van der Waals surface area contributed by atoms with Crippen molar-refractivity contribution in [3.8, 4) is 0 Å². The Morgan fingerprint density at radius 2 is 1.27 bits per heavy atom. The van der Waals surface area contributed by atoms with Gasteiger partial charge in [-0.1, -0.05) is 79.6 Å². The summed E-state index contributed by atoms with van der Waals surface area (Å²) in [6, 6.07) is 0. The Morgan fingerprint density at radius 3 is 1.80 bits per heavy atom. The third-order valence-corrected chi connectivity index (χ3v) is 3.88. The molecule has 0 aliphatic heterocycles. The molecule has 0 heterocycles. The van der Waals surface area contributed by atoms with E-state index in [1.165, 1.54) is 44.9 Å². The Bertz CT molecular complexity index is 128. The SMILES string of the molecule is CCCCC(C)C(C)CCC(C)CCC. The lowest BCUT2D eigenvalue weighted by molar-refractivity contribution is 0.306. The lowest BCUT2D eigenvalue weighted by Gasteiger charge is -2.21. The van der Waals surface area contributed by atoms with Crippen molar-refractivity contribution in [2.75, 3.05) is 0 Å². The summed E-state index contributed by atoms with van der Waals surface area (Å²) in [5.74, 6) is 2.80. The standard InChI is InChI=1S/C15H32/c1-6-8-10-14(4)15(5)12-11-13(3)9-7-2/h13-15H,6-12H2,1-5H3. The van der Waals surface area contributed by atoms with E-state index in [2.05, 4.69) is 34.6 Å². The van der Waals surface area contributed by atoms with Gasteiger partial charge in [0, 0.05) is 0 Å². The molecule has 0 saturated heterocycles. The zero-order chi connectivity index (χ0) is 11.7. The molecule has 0 fully saturated rings. The molecule has 0 N–H and O–H groups in total. The van der Waals surface area contributed by atoms with Gasteiger partial charge in [0.1, 0.15) is 0 Å². The predicted molar refractivity (Wildman–Crippen MR) is 71.2 cm³/mol. The van der Waals surface area contributed by atoms with Gasteiger partial charge in [0.2, 0.25) is 0 Å².